The molecule has 3 unspecified atom stereocenters. The second kappa shape index (κ2) is 8.36. The molecule has 3 aliphatic rings. The van der Waals surface area contributed by atoms with Crippen LogP contribution in [0.5, 0.6) is 0 Å². The van der Waals surface area contributed by atoms with E-state index in [9.17, 15) is 8.42 Å². The summed E-state index contributed by atoms with van der Waals surface area (Å²) in [6.07, 6.45) is 6.25. The second-order valence-corrected chi connectivity index (χ2v) is 9.40. The molecule has 2 aliphatic heterocycles. The van der Waals surface area contributed by atoms with Gasteiger partial charge in [-0.2, -0.15) is 0 Å². The van der Waals surface area contributed by atoms with Gasteiger partial charge >= 0.3 is 0 Å². The zero-order chi connectivity index (χ0) is 15.6. The SMILES string of the molecule is CCNC(=NCC1CCS(=O)(=O)C1)N1CC2CCCCC2C1.I. The number of nitrogens with one attached hydrogen (secondary N) is 1. The summed E-state index contributed by atoms with van der Waals surface area (Å²) >= 11 is 0. The summed E-state index contributed by atoms with van der Waals surface area (Å²) < 4.78 is 23.1. The van der Waals surface area contributed by atoms with Gasteiger partial charge < -0.3 is 10.2 Å². The quantitative estimate of drug-likeness (QED) is 0.403. The van der Waals surface area contributed by atoms with Crippen molar-refractivity contribution in [2.75, 3.05) is 37.7 Å². The molecule has 2 heterocycles. The maximum Gasteiger partial charge on any atom is 0.193 e. The monoisotopic (exact) mass is 455 g/mol. The topological polar surface area (TPSA) is 61.8 Å². The molecule has 3 rings (SSSR count). The average Bonchev–Trinajstić information content (AvgIpc) is 3.06. The summed E-state index contributed by atoms with van der Waals surface area (Å²) in [6, 6.07) is 0. The lowest BCUT2D eigenvalue weighted by Crippen LogP contribution is -2.40. The Hall–Kier alpha value is -0.0500. The van der Waals surface area contributed by atoms with E-state index < -0.39 is 9.84 Å². The van der Waals surface area contributed by atoms with Crippen LogP contribution < -0.4 is 5.32 Å². The minimum absolute atomic E-state index is 0. The summed E-state index contributed by atoms with van der Waals surface area (Å²) in [5.41, 5.74) is 0. The van der Waals surface area contributed by atoms with Gasteiger partial charge in [0.25, 0.3) is 0 Å². The van der Waals surface area contributed by atoms with Crippen LogP contribution in [0.15, 0.2) is 4.99 Å². The van der Waals surface area contributed by atoms with E-state index in [-0.39, 0.29) is 29.9 Å². The Morgan fingerprint density at radius 2 is 1.83 bits per heavy atom. The number of sulfone groups is 1. The minimum atomic E-state index is -2.80. The highest BCUT2D eigenvalue weighted by Gasteiger charge is 2.35. The van der Waals surface area contributed by atoms with E-state index in [4.69, 9.17) is 4.99 Å². The number of rotatable bonds is 3. The smallest absolute Gasteiger partial charge is 0.193 e. The summed E-state index contributed by atoms with van der Waals surface area (Å²) in [5.74, 6) is 3.55. The highest BCUT2D eigenvalue weighted by molar-refractivity contribution is 14.0. The molecular weight excluding hydrogens is 425 g/mol. The largest absolute Gasteiger partial charge is 0.357 e. The van der Waals surface area contributed by atoms with Crippen LogP contribution in [0.3, 0.4) is 0 Å². The Balaban J connectivity index is 0.00000192. The first kappa shape index (κ1) is 19.3. The molecule has 3 fully saturated rings. The van der Waals surface area contributed by atoms with Crippen LogP contribution in [-0.2, 0) is 9.84 Å². The first-order valence-corrected chi connectivity index (χ1v) is 10.6. The zero-order valence-electron chi connectivity index (χ0n) is 14.0. The molecule has 0 aromatic rings. The molecule has 2 saturated heterocycles. The predicted octanol–water partition coefficient (Wildman–Crippen LogP) is 2.13. The van der Waals surface area contributed by atoms with Gasteiger partial charge in [-0.3, -0.25) is 4.99 Å². The Labute approximate surface area is 157 Å². The molecule has 5 nitrogen and oxygen atoms in total. The molecule has 1 saturated carbocycles. The predicted molar refractivity (Wildman–Crippen MR) is 105 cm³/mol. The molecule has 0 spiro atoms. The third kappa shape index (κ3) is 4.96. The first-order chi connectivity index (χ1) is 10.6. The fourth-order valence-corrected chi connectivity index (χ4v) is 6.09. The molecule has 0 aromatic heterocycles. The molecule has 0 amide bonds. The van der Waals surface area contributed by atoms with Crippen molar-refractivity contribution in [3.05, 3.63) is 0 Å². The van der Waals surface area contributed by atoms with Gasteiger partial charge in [-0.15, -0.1) is 24.0 Å². The Kier molecular flexibility index (Phi) is 7.01. The number of guanidine groups is 1. The van der Waals surface area contributed by atoms with Crippen molar-refractivity contribution < 1.29 is 8.42 Å². The molecule has 7 heteroatoms. The van der Waals surface area contributed by atoms with Crippen LogP contribution in [0.1, 0.15) is 39.0 Å². The molecule has 3 atom stereocenters. The van der Waals surface area contributed by atoms with Gasteiger partial charge in [-0.05, 0) is 43.9 Å². The number of hydrogen-bond acceptors (Lipinski definition) is 3. The van der Waals surface area contributed by atoms with Crippen LogP contribution in [0.4, 0.5) is 0 Å². The van der Waals surface area contributed by atoms with Gasteiger partial charge in [0.15, 0.2) is 15.8 Å². The number of halogens is 1. The molecule has 0 aromatic carbocycles. The highest BCUT2D eigenvalue weighted by Crippen LogP contribution is 2.36. The Bertz CT molecular complexity index is 509. The standard InChI is InChI=1S/C16H29N3O2S.HI/c1-2-17-16(18-9-13-7-8-22(20,21)12-13)19-10-14-5-3-4-6-15(14)11-19;/h13-15H,2-12H2,1H3,(H,17,18);1H. The first-order valence-electron chi connectivity index (χ1n) is 8.81. The normalized spacial score (nSPS) is 33.2. The number of nitrogens with zero attached hydrogens (tertiary/aromatic N) is 2. The second-order valence-electron chi connectivity index (χ2n) is 7.17. The van der Waals surface area contributed by atoms with Crippen LogP contribution in [-0.4, -0.2) is 57.0 Å². The van der Waals surface area contributed by atoms with E-state index >= 15 is 0 Å². The number of fused-ring (bicyclic) bond motifs is 1. The molecular formula is C16H30IN3O2S. The lowest BCUT2D eigenvalue weighted by molar-refractivity contribution is 0.299. The third-order valence-electron chi connectivity index (χ3n) is 5.44. The van der Waals surface area contributed by atoms with Crippen molar-refractivity contribution in [3.63, 3.8) is 0 Å². The van der Waals surface area contributed by atoms with Gasteiger partial charge in [0.05, 0.1) is 11.5 Å². The summed E-state index contributed by atoms with van der Waals surface area (Å²) in [4.78, 5) is 7.18. The number of likely N-dealkylation sites (tertiary alicyclic amines) is 1. The molecule has 1 aliphatic carbocycles. The fraction of sp³-hybridized carbons (Fsp3) is 0.938. The Morgan fingerprint density at radius 3 is 2.35 bits per heavy atom. The van der Waals surface area contributed by atoms with E-state index in [0.717, 1.165) is 43.9 Å². The van der Waals surface area contributed by atoms with E-state index in [1.807, 2.05) is 0 Å². The number of hydrogen-bond donors (Lipinski definition) is 1. The van der Waals surface area contributed by atoms with Crippen LogP contribution in [0.25, 0.3) is 0 Å². The van der Waals surface area contributed by atoms with Crippen LogP contribution in [0, 0.1) is 17.8 Å². The van der Waals surface area contributed by atoms with E-state index in [1.54, 1.807) is 0 Å². The van der Waals surface area contributed by atoms with Crippen LogP contribution >= 0.6 is 24.0 Å². The minimum Gasteiger partial charge on any atom is -0.357 e. The highest BCUT2D eigenvalue weighted by atomic mass is 127. The lowest BCUT2D eigenvalue weighted by atomic mass is 9.82. The van der Waals surface area contributed by atoms with Gasteiger partial charge in [-0.25, -0.2) is 8.42 Å². The van der Waals surface area contributed by atoms with Crippen LogP contribution in [0.2, 0.25) is 0 Å². The van der Waals surface area contributed by atoms with Crippen molar-refractivity contribution >= 4 is 39.8 Å². The lowest BCUT2D eigenvalue weighted by Gasteiger charge is -2.22. The van der Waals surface area contributed by atoms with Crippen molar-refractivity contribution in [1.82, 2.24) is 10.2 Å². The molecule has 1 N–H and O–H groups in total. The van der Waals surface area contributed by atoms with E-state index in [1.165, 1.54) is 25.7 Å². The number of aliphatic imine (C=N–C) groups is 1. The van der Waals surface area contributed by atoms with Gasteiger partial charge in [0.1, 0.15) is 0 Å². The maximum absolute atomic E-state index is 11.6. The molecule has 0 radical (unpaired) electrons. The van der Waals surface area contributed by atoms with Crippen molar-refractivity contribution in [3.8, 4) is 0 Å². The molecule has 134 valence electrons. The molecule has 23 heavy (non-hydrogen) atoms. The summed E-state index contributed by atoms with van der Waals surface area (Å²) in [6.45, 7) is 5.86. The van der Waals surface area contributed by atoms with Gasteiger partial charge in [0.2, 0.25) is 0 Å². The fourth-order valence-electron chi connectivity index (χ4n) is 4.24. The van der Waals surface area contributed by atoms with Crippen molar-refractivity contribution in [1.29, 1.82) is 0 Å². The van der Waals surface area contributed by atoms with Crippen molar-refractivity contribution in [2.24, 2.45) is 22.7 Å². The Morgan fingerprint density at radius 1 is 1.17 bits per heavy atom. The maximum atomic E-state index is 11.6. The third-order valence-corrected chi connectivity index (χ3v) is 7.27. The summed E-state index contributed by atoms with van der Waals surface area (Å²) in [7, 11) is -2.80. The zero-order valence-corrected chi connectivity index (χ0v) is 17.2. The summed E-state index contributed by atoms with van der Waals surface area (Å²) in [5, 5.41) is 3.41. The molecule has 0 bridgehead atoms. The van der Waals surface area contributed by atoms with Crippen molar-refractivity contribution in [2.45, 2.75) is 39.0 Å². The van der Waals surface area contributed by atoms with Gasteiger partial charge in [0, 0.05) is 26.2 Å². The average molecular weight is 455 g/mol. The van der Waals surface area contributed by atoms with E-state index in [0.29, 0.717) is 18.1 Å². The van der Waals surface area contributed by atoms with E-state index in [2.05, 4.69) is 17.1 Å². The van der Waals surface area contributed by atoms with Gasteiger partial charge in [-0.1, -0.05) is 12.8 Å².